The van der Waals surface area contributed by atoms with Crippen molar-refractivity contribution in [3.05, 3.63) is 90.4 Å². The first-order valence-electron chi connectivity index (χ1n) is 8.10. The van der Waals surface area contributed by atoms with E-state index >= 15 is 0 Å². The number of para-hydroxylation sites is 2. The molecule has 0 N–H and O–H groups in total. The van der Waals surface area contributed by atoms with E-state index in [4.69, 9.17) is 4.98 Å². The van der Waals surface area contributed by atoms with Gasteiger partial charge in [-0.15, -0.1) is 0 Å². The van der Waals surface area contributed by atoms with Crippen LogP contribution in [-0.2, 0) is 12.8 Å². The van der Waals surface area contributed by atoms with E-state index in [1.807, 2.05) is 48.7 Å². The fourth-order valence-electron chi connectivity index (χ4n) is 2.76. The summed E-state index contributed by atoms with van der Waals surface area (Å²) in [6.07, 6.45) is 3.56. The molecule has 0 saturated heterocycles. The lowest BCUT2D eigenvalue weighted by Gasteiger charge is -2.05. The van der Waals surface area contributed by atoms with Crippen molar-refractivity contribution in [2.24, 2.45) is 0 Å². The van der Waals surface area contributed by atoms with Gasteiger partial charge in [0.15, 0.2) is 0 Å². The van der Waals surface area contributed by atoms with Crippen LogP contribution in [0.15, 0.2) is 79.0 Å². The van der Waals surface area contributed by atoms with Gasteiger partial charge >= 0.3 is 0 Å². The summed E-state index contributed by atoms with van der Waals surface area (Å²) in [6, 6.07) is 24.4. The summed E-state index contributed by atoms with van der Waals surface area (Å²) >= 11 is 0. The number of hydrogen-bond acceptors (Lipinski definition) is 3. The highest BCUT2D eigenvalue weighted by Crippen LogP contribution is 2.17. The normalized spacial score (nSPS) is 10.8. The molecule has 0 bridgehead atoms. The second kappa shape index (κ2) is 6.59. The van der Waals surface area contributed by atoms with Crippen LogP contribution in [-0.4, -0.2) is 15.0 Å². The molecular formula is C21H17N3. The van der Waals surface area contributed by atoms with Gasteiger partial charge in [0, 0.05) is 17.5 Å². The van der Waals surface area contributed by atoms with Crippen molar-refractivity contribution in [1.29, 1.82) is 0 Å². The van der Waals surface area contributed by atoms with Crippen LogP contribution in [0.25, 0.3) is 22.3 Å². The summed E-state index contributed by atoms with van der Waals surface area (Å²) in [4.78, 5) is 13.9. The fourth-order valence-corrected chi connectivity index (χ4v) is 2.76. The van der Waals surface area contributed by atoms with Gasteiger partial charge in [-0.2, -0.15) is 0 Å². The van der Waals surface area contributed by atoms with Crippen LogP contribution in [0.4, 0.5) is 0 Å². The first-order valence-corrected chi connectivity index (χ1v) is 8.10. The number of nitrogens with zero attached hydrogens (tertiary/aromatic N) is 3. The maximum atomic E-state index is 4.77. The highest BCUT2D eigenvalue weighted by Gasteiger charge is 2.03. The van der Waals surface area contributed by atoms with Crippen molar-refractivity contribution in [3.63, 3.8) is 0 Å². The third-order valence-electron chi connectivity index (χ3n) is 4.01. The third-order valence-corrected chi connectivity index (χ3v) is 4.01. The summed E-state index contributed by atoms with van der Waals surface area (Å²) in [5, 5.41) is 0. The Morgan fingerprint density at radius 1 is 0.583 bits per heavy atom. The Bertz CT molecular complexity index is 965. The predicted molar refractivity (Wildman–Crippen MR) is 96.6 cm³/mol. The Balaban J connectivity index is 1.53. The first-order chi connectivity index (χ1) is 11.9. The van der Waals surface area contributed by atoms with Gasteiger partial charge in [-0.3, -0.25) is 9.97 Å². The molecule has 4 aromatic rings. The molecule has 0 radical (unpaired) electrons. The van der Waals surface area contributed by atoms with Gasteiger partial charge in [-0.25, -0.2) is 4.98 Å². The molecule has 4 rings (SSSR count). The van der Waals surface area contributed by atoms with Crippen LogP contribution in [0.1, 0.15) is 11.4 Å². The summed E-state index contributed by atoms with van der Waals surface area (Å²) in [6.45, 7) is 0. The minimum absolute atomic E-state index is 0.836. The van der Waals surface area contributed by atoms with Crippen LogP contribution in [0.2, 0.25) is 0 Å². The SMILES string of the molecule is c1ccc(-c2cccc(CCc3cnc4ccccc4n3)n2)cc1. The van der Waals surface area contributed by atoms with Crippen molar-refractivity contribution < 1.29 is 0 Å². The molecular weight excluding hydrogens is 294 g/mol. The van der Waals surface area contributed by atoms with E-state index in [9.17, 15) is 0 Å². The van der Waals surface area contributed by atoms with Crippen LogP contribution in [0, 0.1) is 0 Å². The number of benzene rings is 2. The zero-order valence-corrected chi connectivity index (χ0v) is 13.3. The molecule has 0 aliphatic rings. The standard InChI is InChI=1S/C21H17N3/c1-2-7-16(8-3-1)19-12-6-9-17(23-19)13-14-18-15-22-20-10-4-5-11-21(20)24-18/h1-12,15H,13-14H2. The minimum Gasteiger partial charge on any atom is -0.253 e. The molecule has 3 heteroatoms. The molecule has 0 atom stereocenters. The lowest BCUT2D eigenvalue weighted by atomic mass is 10.1. The Morgan fingerprint density at radius 2 is 1.33 bits per heavy atom. The molecule has 0 saturated carbocycles. The quantitative estimate of drug-likeness (QED) is 0.558. The number of rotatable bonds is 4. The van der Waals surface area contributed by atoms with Gasteiger partial charge in [0.2, 0.25) is 0 Å². The minimum atomic E-state index is 0.836. The maximum absolute atomic E-state index is 4.77. The van der Waals surface area contributed by atoms with E-state index in [2.05, 4.69) is 40.3 Å². The number of hydrogen-bond donors (Lipinski definition) is 0. The van der Waals surface area contributed by atoms with E-state index in [1.165, 1.54) is 0 Å². The lowest BCUT2D eigenvalue weighted by molar-refractivity contribution is 0.880. The monoisotopic (exact) mass is 311 g/mol. The predicted octanol–water partition coefficient (Wildman–Crippen LogP) is 4.48. The van der Waals surface area contributed by atoms with E-state index in [-0.39, 0.29) is 0 Å². The summed E-state index contributed by atoms with van der Waals surface area (Å²) in [5.74, 6) is 0. The van der Waals surface area contributed by atoms with Gasteiger partial charge in [0.05, 0.1) is 22.4 Å². The first kappa shape index (κ1) is 14.5. The summed E-state index contributed by atoms with van der Waals surface area (Å²) in [7, 11) is 0. The Hall–Kier alpha value is -3.07. The molecule has 2 heterocycles. The van der Waals surface area contributed by atoms with Crippen molar-refractivity contribution in [2.45, 2.75) is 12.8 Å². The second-order valence-corrected chi connectivity index (χ2v) is 5.73. The average molecular weight is 311 g/mol. The highest BCUT2D eigenvalue weighted by atomic mass is 14.8. The van der Waals surface area contributed by atoms with Crippen molar-refractivity contribution in [2.75, 3.05) is 0 Å². The number of aryl methyl sites for hydroxylation is 2. The van der Waals surface area contributed by atoms with E-state index in [0.717, 1.165) is 46.5 Å². The molecule has 0 aliphatic heterocycles. The third kappa shape index (κ3) is 3.15. The zero-order valence-electron chi connectivity index (χ0n) is 13.3. The van der Waals surface area contributed by atoms with Gasteiger partial charge in [-0.1, -0.05) is 48.5 Å². The molecule has 0 spiro atoms. The van der Waals surface area contributed by atoms with Gasteiger partial charge in [0.25, 0.3) is 0 Å². The topological polar surface area (TPSA) is 38.7 Å². The Kier molecular flexibility index (Phi) is 3.98. The van der Waals surface area contributed by atoms with Crippen molar-refractivity contribution >= 4 is 11.0 Å². The van der Waals surface area contributed by atoms with Crippen LogP contribution < -0.4 is 0 Å². The molecule has 2 aromatic carbocycles. The molecule has 0 unspecified atom stereocenters. The van der Waals surface area contributed by atoms with Crippen molar-refractivity contribution in [3.8, 4) is 11.3 Å². The van der Waals surface area contributed by atoms with Gasteiger partial charge in [-0.05, 0) is 37.1 Å². The average Bonchev–Trinajstić information content (AvgIpc) is 2.67. The molecule has 0 aliphatic carbocycles. The summed E-state index contributed by atoms with van der Waals surface area (Å²) in [5.41, 5.74) is 6.11. The molecule has 0 amide bonds. The Labute approximate surface area is 141 Å². The Morgan fingerprint density at radius 3 is 2.21 bits per heavy atom. The van der Waals surface area contributed by atoms with E-state index in [0.29, 0.717) is 0 Å². The number of pyridine rings is 1. The van der Waals surface area contributed by atoms with Gasteiger partial charge < -0.3 is 0 Å². The maximum Gasteiger partial charge on any atom is 0.0890 e. The fraction of sp³-hybridized carbons (Fsp3) is 0.0952. The largest absolute Gasteiger partial charge is 0.253 e. The molecule has 116 valence electrons. The summed E-state index contributed by atoms with van der Waals surface area (Å²) < 4.78 is 0. The second-order valence-electron chi connectivity index (χ2n) is 5.73. The van der Waals surface area contributed by atoms with Gasteiger partial charge in [0.1, 0.15) is 0 Å². The molecule has 2 aromatic heterocycles. The van der Waals surface area contributed by atoms with Crippen LogP contribution in [0.5, 0.6) is 0 Å². The zero-order chi connectivity index (χ0) is 16.2. The molecule has 24 heavy (non-hydrogen) atoms. The number of fused-ring (bicyclic) bond motifs is 1. The van der Waals surface area contributed by atoms with E-state index < -0.39 is 0 Å². The lowest BCUT2D eigenvalue weighted by Crippen LogP contribution is -1.99. The van der Waals surface area contributed by atoms with Crippen molar-refractivity contribution in [1.82, 2.24) is 15.0 Å². The van der Waals surface area contributed by atoms with E-state index in [1.54, 1.807) is 0 Å². The van der Waals surface area contributed by atoms with Crippen LogP contribution in [0.3, 0.4) is 0 Å². The van der Waals surface area contributed by atoms with Crippen LogP contribution >= 0.6 is 0 Å². The smallest absolute Gasteiger partial charge is 0.0890 e. The molecule has 0 fully saturated rings. The number of aromatic nitrogens is 3. The molecule has 3 nitrogen and oxygen atoms in total. The highest BCUT2D eigenvalue weighted by molar-refractivity contribution is 5.73.